The predicted octanol–water partition coefficient (Wildman–Crippen LogP) is 25.0. The Morgan fingerprint density at radius 2 is 0.282 bits per heavy atom. The van der Waals surface area contributed by atoms with E-state index < -0.39 is 31.7 Å². The zero-order valence-corrected chi connectivity index (χ0v) is 75.1. The van der Waals surface area contributed by atoms with Gasteiger partial charge in [-0.15, -0.1) is 12.4 Å². The van der Waals surface area contributed by atoms with E-state index in [2.05, 4.69) is 418 Å². The molecule has 0 unspecified atom stereocenters. The third-order valence-electron chi connectivity index (χ3n) is 16.1. The van der Waals surface area contributed by atoms with Gasteiger partial charge in [0.15, 0.2) is 0 Å². The van der Waals surface area contributed by atoms with Gasteiger partial charge < -0.3 is 64.7 Å². The van der Waals surface area contributed by atoms with E-state index in [-0.39, 0.29) is 102 Å². The summed E-state index contributed by atoms with van der Waals surface area (Å²) >= 11 is -0.691. The number of rotatable bonds is 12. The molecule has 0 aliphatic heterocycles. The van der Waals surface area contributed by atoms with Crippen LogP contribution < -0.4 is 69.0 Å². The largest absolute Gasteiger partial charge is 0.0622 e. The molecule has 1 nitrogen and oxygen atoms in total. The van der Waals surface area contributed by atoms with Crippen LogP contribution in [-0.2, 0) is 30.3 Å². The van der Waals surface area contributed by atoms with Crippen molar-refractivity contribution in [3.63, 3.8) is 0 Å². The summed E-state index contributed by atoms with van der Waals surface area (Å²) in [6.45, 7) is 0. The Morgan fingerprint density at radius 1 is 0.173 bits per heavy atom. The first kappa shape index (κ1) is 101. The minimum atomic E-state index is -0.519. The summed E-state index contributed by atoms with van der Waals surface area (Å²) < 4.78 is 0. The van der Waals surface area contributed by atoms with Crippen LogP contribution in [0.5, 0.6) is 0 Å². The van der Waals surface area contributed by atoms with Gasteiger partial charge in [0.1, 0.15) is 0 Å². The molecule has 110 heavy (non-hydrogen) atoms. The predicted molar refractivity (Wildman–Crippen MR) is 508 cm³/mol. The van der Waals surface area contributed by atoms with E-state index in [1.165, 1.54) is 107 Å². The van der Waals surface area contributed by atoms with E-state index in [1.54, 1.807) is 0 Å². The molecule has 16 aromatic rings. The van der Waals surface area contributed by atoms with Crippen molar-refractivity contribution in [3.8, 4) is 0 Å². The van der Waals surface area contributed by atoms with Crippen molar-refractivity contribution in [2.45, 2.75) is 0 Å². The van der Waals surface area contributed by atoms with E-state index in [0.717, 1.165) is 0 Å². The molecule has 0 saturated heterocycles. The second kappa shape index (κ2) is 56.2. The van der Waals surface area contributed by atoms with E-state index in [4.69, 9.17) is 38.8 Å². The fraction of sp³-hybridized carbons (Fsp3) is 0.0204. The number of hydrogen-bond acceptors (Lipinski definition) is 1. The summed E-state index contributed by atoms with van der Waals surface area (Å²) in [5.74, 6) is 0. The van der Waals surface area contributed by atoms with Gasteiger partial charge in [-0.25, -0.2) is 0 Å². The van der Waals surface area contributed by atoms with E-state index in [1.807, 2.05) is 14.1 Å². The summed E-state index contributed by atoms with van der Waals surface area (Å²) in [4.78, 5) is 0. The molecule has 0 aliphatic carbocycles. The smallest absolute Gasteiger partial charge is 0.0134 e. The second-order valence-electron chi connectivity index (χ2n) is 22.8. The van der Waals surface area contributed by atoms with Crippen LogP contribution in [0.2, 0.25) is 0 Å². The summed E-state index contributed by atoms with van der Waals surface area (Å²) in [6, 6.07) is 149. The van der Waals surface area contributed by atoms with Crippen molar-refractivity contribution < 1.29 is 30.3 Å². The van der Waals surface area contributed by atoms with Gasteiger partial charge >= 0.3 is 69.1 Å². The molecule has 0 spiro atoms. The van der Waals surface area contributed by atoms with Gasteiger partial charge in [-0.2, -0.15) is 0 Å². The second-order valence-corrected chi connectivity index (χ2v) is 36.9. The molecule has 0 atom stereocenters. The molecule has 0 heterocycles. The third-order valence-corrected chi connectivity index (χ3v) is 25.8. The Bertz CT molecular complexity index is 4240. The Labute approximate surface area is 704 Å². The first-order valence-corrected chi connectivity index (χ1v) is 47.1. The first-order valence-electron chi connectivity index (χ1n) is 32.8. The average Bonchev–Trinajstić information content (AvgIpc) is 0.817. The summed E-state index contributed by atoms with van der Waals surface area (Å²) in [6.07, 6.45) is 0. The number of hydrogen-bond donors (Lipinski definition) is 1. The average molecular weight is 1800 g/mol. The molecule has 16 rings (SSSR count). The van der Waals surface area contributed by atoms with E-state index in [0.29, 0.717) is 0 Å². The summed E-state index contributed by atoms with van der Waals surface area (Å²) in [5, 5.41) is 29.9. The molecule has 0 amide bonds. The molecular formula is C98H100Cl5NP4Ru2-8. The van der Waals surface area contributed by atoms with Gasteiger partial charge in [0, 0.05) is 0 Å². The maximum Gasteiger partial charge on any atom is -0.0134 e. The van der Waals surface area contributed by atoms with Crippen LogP contribution in [0, 0.1) is 59.4 Å². The van der Waals surface area contributed by atoms with E-state index in [9.17, 15) is 0 Å². The maximum atomic E-state index is 4.85. The molecule has 0 radical (unpaired) electrons. The summed E-state index contributed by atoms with van der Waals surface area (Å²) in [5.41, 5.74) is 0. The monoisotopic (exact) mass is 1790 g/mol. The molecule has 0 aromatic heterocycles. The van der Waals surface area contributed by atoms with Crippen molar-refractivity contribution in [2.24, 2.45) is 0 Å². The molecule has 12 heteroatoms. The Morgan fingerprint density at radius 3 is 0.409 bits per heavy atom. The van der Waals surface area contributed by atoms with Crippen molar-refractivity contribution in [1.29, 1.82) is 0 Å². The van der Waals surface area contributed by atoms with Crippen LogP contribution in [0.1, 0.15) is 0 Å². The minimum Gasteiger partial charge on any atom is -0.0622 e. The fourth-order valence-corrected chi connectivity index (χ4v) is 21.0. The molecule has 0 aliphatic rings. The molecule has 0 bridgehead atoms. The zero-order chi connectivity index (χ0) is 70.1. The number of nitrogens with one attached hydrogen (secondary N) is 1. The van der Waals surface area contributed by atoms with E-state index >= 15 is 0 Å². The van der Waals surface area contributed by atoms with Crippen molar-refractivity contribution in [3.05, 3.63) is 472 Å². The Balaban J connectivity index is 0.000000688. The SMILES string of the molecule is CNC.Cl.[CH3-].[CH3-].[CH3-].[CH3-].[CH3-].[CH3-].[CH3-].[CH3-].[Cl][Ru][Cl].[Cl][Ru][Cl].c1ccc(P(c2ccccc2)c2ccc3ccccc3c2)cc1.c1ccc(P(c2ccccc2)c2ccc3ccccc3c2)cc1.c1ccc(P(c2ccccc2)c2ccc3ccccc3c2)cc1.c1ccc(P(c2ccccc2)c2ccc3ccccc3c2)cc1. The topological polar surface area (TPSA) is 12.0 Å². The number of fused-ring (bicyclic) bond motifs is 4. The normalized spacial score (nSPS) is 9.76. The summed E-state index contributed by atoms with van der Waals surface area (Å²) in [7, 11) is 21.1. The van der Waals surface area contributed by atoms with Crippen molar-refractivity contribution in [1.82, 2.24) is 5.32 Å². The van der Waals surface area contributed by atoms with Gasteiger partial charge in [-0.3, -0.25) is 0 Å². The Kier molecular flexibility index (Phi) is 51.6. The number of benzene rings is 16. The molecular weight excluding hydrogens is 1690 g/mol. The fourth-order valence-electron chi connectivity index (χ4n) is 11.7. The van der Waals surface area contributed by atoms with Crippen LogP contribution in [0.15, 0.2) is 413 Å². The standard InChI is InChI=1S/4C22H17P.C2H7N.8CH3.5ClH.2Ru/c4*1-3-11-20(12-4-1)23(21-13-5-2-6-14-21)22-16-15-18-9-7-8-10-19(18)17-22;1-3-2;;;;;;;;;;;;;;;/h4*1-17H;3H,1-2H3;8*1H3;5*1H;;/q;;;;;8*-1;;;;;;2*+2/p-4. The van der Waals surface area contributed by atoms with Gasteiger partial charge in [-0.1, -0.05) is 388 Å². The van der Waals surface area contributed by atoms with Crippen LogP contribution in [0.4, 0.5) is 0 Å². The van der Waals surface area contributed by atoms with Crippen LogP contribution in [0.3, 0.4) is 0 Å². The van der Waals surface area contributed by atoms with Crippen LogP contribution in [0.25, 0.3) is 43.1 Å². The quantitative estimate of drug-likeness (QED) is 0.0730. The molecule has 16 aromatic carbocycles. The van der Waals surface area contributed by atoms with Crippen LogP contribution >= 0.6 is 82.9 Å². The molecule has 0 saturated carbocycles. The van der Waals surface area contributed by atoms with Gasteiger partial charge in [0.2, 0.25) is 0 Å². The van der Waals surface area contributed by atoms with Crippen molar-refractivity contribution >= 4 is 190 Å². The van der Waals surface area contributed by atoms with Gasteiger partial charge in [-0.05, 0) is 177 Å². The van der Waals surface area contributed by atoms with Gasteiger partial charge in [0.05, 0.1) is 0 Å². The minimum absolute atomic E-state index is 0. The molecule has 1 N–H and O–H groups in total. The number of halogens is 5. The zero-order valence-electron chi connectivity index (χ0n) is 64.2. The first-order chi connectivity index (χ1) is 49.9. The molecule has 0 fully saturated rings. The van der Waals surface area contributed by atoms with Gasteiger partial charge in [0.25, 0.3) is 0 Å². The third kappa shape index (κ3) is 29.5. The maximum absolute atomic E-state index is 4.85. The Hall–Kier alpha value is -7.06. The van der Waals surface area contributed by atoms with Crippen LogP contribution in [-0.4, -0.2) is 14.1 Å². The molecule has 576 valence electrons. The van der Waals surface area contributed by atoms with Crippen molar-refractivity contribution in [2.75, 3.05) is 14.1 Å².